The van der Waals surface area contributed by atoms with Crippen molar-refractivity contribution in [2.45, 2.75) is 31.0 Å². The maximum atomic E-state index is 12.9. The number of nitro groups is 1. The number of morpholine rings is 1. The Bertz CT molecular complexity index is 1010. The second-order valence-electron chi connectivity index (χ2n) is 6.71. The number of sulfonamides is 1. The summed E-state index contributed by atoms with van der Waals surface area (Å²) in [6.07, 6.45) is 1.93. The molecule has 1 saturated heterocycles. The minimum Gasteiger partial charge on any atom is -0.373 e. The topological polar surface area (TPSA) is 132 Å². The van der Waals surface area contributed by atoms with Crippen LogP contribution in [-0.4, -0.2) is 53.8 Å². The van der Waals surface area contributed by atoms with Crippen LogP contribution in [0, 0.1) is 10.1 Å². The van der Waals surface area contributed by atoms with Gasteiger partial charge >= 0.3 is 5.69 Å². The molecule has 0 aliphatic carbocycles. The van der Waals surface area contributed by atoms with Crippen LogP contribution >= 0.6 is 0 Å². The lowest BCUT2D eigenvalue weighted by Gasteiger charge is -2.34. The molecule has 0 bridgehead atoms. The molecular formula is C18H20N4O6S. The maximum Gasteiger partial charge on any atom is 0.310 e. The second-order valence-corrected chi connectivity index (χ2v) is 8.65. The summed E-state index contributed by atoms with van der Waals surface area (Å²) in [5, 5.41) is 13.5. The van der Waals surface area contributed by atoms with Crippen molar-refractivity contribution in [2.24, 2.45) is 0 Å². The molecule has 10 nitrogen and oxygen atoms in total. The molecule has 11 heteroatoms. The first-order valence-corrected chi connectivity index (χ1v) is 10.3. The maximum absolute atomic E-state index is 12.9. The number of carbonyl (C=O) groups excluding carboxylic acids is 1. The van der Waals surface area contributed by atoms with Crippen molar-refractivity contribution in [1.82, 2.24) is 9.29 Å². The van der Waals surface area contributed by atoms with Crippen LogP contribution in [0.3, 0.4) is 0 Å². The summed E-state index contributed by atoms with van der Waals surface area (Å²) in [7, 11) is -3.72. The Labute approximate surface area is 167 Å². The van der Waals surface area contributed by atoms with Crippen LogP contribution in [0.1, 0.15) is 24.2 Å². The van der Waals surface area contributed by atoms with Crippen LogP contribution in [0.4, 0.5) is 11.4 Å². The first kappa shape index (κ1) is 20.8. The van der Waals surface area contributed by atoms with Crippen molar-refractivity contribution in [3.63, 3.8) is 0 Å². The van der Waals surface area contributed by atoms with Gasteiger partial charge < -0.3 is 10.1 Å². The van der Waals surface area contributed by atoms with Crippen LogP contribution in [0.15, 0.2) is 47.6 Å². The van der Waals surface area contributed by atoms with Crippen molar-refractivity contribution >= 4 is 27.3 Å². The number of ether oxygens (including phenoxy) is 1. The molecule has 1 aromatic heterocycles. The molecule has 0 radical (unpaired) electrons. The highest BCUT2D eigenvalue weighted by atomic mass is 32.2. The van der Waals surface area contributed by atoms with Gasteiger partial charge in [-0.15, -0.1) is 0 Å². The summed E-state index contributed by atoms with van der Waals surface area (Å²) in [4.78, 5) is 26.5. The Hall–Kier alpha value is -2.89. The van der Waals surface area contributed by atoms with E-state index in [1.165, 1.54) is 40.8 Å². The smallest absolute Gasteiger partial charge is 0.310 e. The molecule has 1 aromatic carbocycles. The van der Waals surface area contributed by atoms with Gasteiger partial charge in [0.15, 0.2) is 0 Å². The Morgan fingerprint density at radius 2 is 1.83 bits per heavy atom. The molecule has 1 aliphatic heterocycles. The van der Waals surface area contributed by atoms with Gasteiger partial charge in [0.2, 0.25) is 10.0 Å². The Kier molecular flexibility index (Phi) is 5.91. The summed E-state index contributed by atoms with van der Waals surface area (Å²) in [6, 6.07) is 6.73. The normalized spacial score (nSPS) is 20.2. The molecule has 1 N–H and O–H groups in total. The number of nitrogens with one attached hydrogen (secondary N) is 1. The fourth-order valence-corrected chi connectivity index (χ4v) is 4.68. The second kappa shape index (κ2) is 8.23. The van der Waals surface area contributed by atoms with E-state index in [0.717, 1.165) is 6.20 Å². The molecule has 3 rings (SSSR count). The number of pyridine rings is 1. The Morgan fingerprint density at radius 1 is 1.21 bits per heavy atom. The molecule has 1 fully saturated rings. The molecule has 0 spiro atoms. The number of anilines is 1. The van der Waals surface area contributed by atoms with Crippen LogP contribution < -0.4 is 5.32 Å². The average molecular weight is 420 g/mol. The zero-order valence-electron chi connectivity index (χ0n) is 15.8. The minimum atomic E-state index is -3.72. The van der Waals surface area contributed by atoms with E-state index in [1.807, 2.05) is 13.8 Å². The fourth-order valence-electron chi connectivity index (χ4n) is 3.09. The predicted octanol–water partition coefficient (Wildman–Crippen LogP) is 2.04. The highest BCUT2D eigenvalue weighted by Crippen LogP contribution is 2.24. The van der Waals surface area contributed by atoms with Gasteiger partial charge in [-0.05, 0) is 44.2 Å². The van der Waals surface area contributed by atoms with Crippen molar-refractivity contribution in [3.05, 3.63) is 58.4 Å². The molecule has 29 heavy (non-hydrogen) atoms. The lowest BCUT2D eigenvalue weighted by molar-refractivity contribution is -0.384. The van der Waals surface area contributed by atoms with Crippen LogP contribution in [0.5, 0.6) is 0 Å². The zero-order chi connectivity index (χ0) is 21.2. The van der Waals surface area contributed by atoms with E-state index in [9.17, 15) is 23.3 Å². The zero-order valence-corrected chi connectivity index (χ0v) is 16.6. The molecular weight excluding hydrogens is 400 g/mol. The van der Waals surface area contributed by atoms with Gasteiger partial charge in [-0.25, -0.2) is 8.42 Å². The van der Waals surface area contributed by atoms with Gasteiger partial charge in [-0.2, -0.15) is 4.31 Å². The Morgan fingerprint density at radius 3 is 2.41 bits per heavy atom. The standard InChI is InChI=1S/C18H20N4O6S/c1-12-10-21(11-13(2)28-12)29(26,27)15-5-3-14(4-6-15)18(23)20-16-7-8-19-9-17(16)22(24)25/h3-9,12-13H,10-11H2,1-2H3,(H,19,20,23). The SMILES string of the molecule is CC1CN(S(=O)(=O)c2ccc(C(=O)Nc3ccncc3[N+](=O)[O-])cc2)CC(C)O1. The molecule has 1 aliphatic rings. The summed E-state index contributed by atoms with van der Waals surface area (Å²) in [5.74, 6) is -0.600. The number of aromatic nitrogens is 1. The quantitative estimate of drug-likeness (QED) is 0.578. The highest BCUT2D eigenvalue weighted by molar-refractivity contribution is 7.89. The molecule has 2 atom stereocenters. The fraction of sp³-hybridized carbons (Fsp3) is 0.333. The molecule has 154 valence electrons. The number of benzene rings is 1. The van der Waals surface area contributed by atoms with Gasteiger partial charge in [-0.1, -0.05) is 0 Å². The monoisotopic (exact) mass is 420 g/mol. The lowest BCUT2D eigenvalue weighted by atomic mass is 10.2. The highest BCUT2D eigenvalue weighted by Gasteiger charge is 2.32. The van der Waals surface area contributed by atoms with Gasteiger partial charge in [0.1, 0.15) is 11.9 Å². The van der Waals surface area contributed by atoms with E-state index in [2.05, 4.69) is 10.3 Å². The molecule has 2 aromatic rings. The van der Waals surface area contributed by atoms with E-state index >= 15 is 0 Å². The van der Waals surface area contributed by atoms with E-state index in [1.54, 1.807) is 0 Å². The van der Waals surface area contributed by atoms with Crippen LogP contribution in [0.25, 0.3) is 0 Å². The average Bonchev–Trinajstić information content (AvgIpc) is 2.67. The number of carbonyl (C=O) groups is 1. The van der Waals surface area contributed by atoms with Crippen molar-refractivity contribution in [3.8, 4) is 0 Å². The Balaban J connectivity index is 1.78. The number of hydrogen-bond acceptors (Lipinski definition) is 7. The minimum absolute atomic E-state index is 0.00277. The first-order valence-electron chi connectivity index (χ1n) is 8.84. The third kappa shape index (κ3) is 4.58. The van der Waals surface area contributed by atoms with E-state index < -0.39 is 20.9 Å². The van der Waals surface area contributed by atoms with E-state index in [-0.39, 0.29) is 47.1 Å². The van der Waals surface area contributed by atoms with Crippen LogP contribution in [-0.2, 0) is 14.8 Å². The van der Waals surface area contributed by atoms with Gasteiger partial charge in [0.05, 0.1) is 22.0 Å². The summed E-state index contributed by atoms with van der Waals surface area (Å²) < 4.78 is 32.6. The molecule has 2 heterocycles. The van der Waals surface area contributed by atoms with Crippen molar-refractivity contribution in [1.29, 1.82) is 0 Å². The number of amides is 1. The van der Waals surface area contributed by atoms with Crippen LogP contribution in [0.2, 0.25) is 0 Å². The van der Waals surface area contributed by atoms with Crippen molar-refractivity contribution < 1.29 is 22.9 Å². The first-order chi connectivity index (χ1) is 13.7. The third-order valence-corrected chi connectivity index (χ3v) is 6.23. The predicted molar refractivity (Wildman–Crippen MR) is 104 cm³/mol. The lowest BCUT2D eigenvalue weighted by Crippen LogP contribution is -2.48. The molecule has 0 saturated carbocycles. The molecule has 2 unspecified atom stereocenters. The summed E-state index contributed by atoms with van der Waals surface area (Å²) in [5.41, 5.74) is -0.169. The van der Waals surface area contributed by atoms with E-state index in [0.29, 0.717) is 0 Å². The largest absolute Gasteiger partial charge is 0.373 e. The number of hydrogen-bond donors (Lipinski definition) is 1. The van der Waals surface area contributed by atoms with Gasteiger partial charge in [0, 0.05) is 24.8 Å². The number of rotatable bonds is 5. The van der Waals surface area contributed by atoms with Gasteiger partial charge in [0.25, 0.3) is 5.91 Å². The molecule has 1 amide bonds. The third-order valence-electron chi connectivity index (χ3n) is 4.39. The summed E-state index contributed by atoms with van der Waals surface area (Å²) >= 11 is 0. The van der Waals surface area contributed by atoms with Crippen molar-refractivity contribution in [2.75, 3.05) is 18.4 Å². The summed E-state index contributed by atoms with van der Waals surface area (Å²) in [6.45, 7) is 4.12. The van der Waals surface area contributed by atoms with E-state index in [4.69, 9.17) is 4.74 Å². The van der Waals surface area contributed by atoms with Gasteiger partial charge in [-0.3, -0.25) is 19.9 Å². The number of nitrogens with zero attached hydrogens (tertiary/aromatic N) is 3.